The molecular weight excluding hydrogens is 322 g/mol. The van der Waals surface area contributed by atoms with Gasteiger partial charge in [0.15, 0.2) is 0 Å². The van der Waals surface area contributed by atoms with Gasteiger partial charge >= 0.3 is 6.03 Å². The van der Waals surface area contributed by atoms with Crippen molar-refractivity contribution in [2.75, 3.05) is 6.54 Å². The highest BCUT2D eigenvalue weighted by atomic mass is 16.2. The highest BCUT2D eigenvalue weighted by Crippen LogP contribution is 2.13. The van der Waals surface area contributed by atoms with Gasteiger partial charge in [-0.3, -0.25) is 0 Å². The molecule has 2 amide bonds. The van der Waals surface area contributed by atoms with Crippen LogP contribution < -0.4 is 5.32 Å². The first-order chi connectivity index (χ1) is 12.3. The summed E-state index contributed by atoms with van der Waals surface area (Å²) in [5, 5.41) is 3.09. The number of urea groups is 1. The minimum absolute atomic E-state index is 0.00857. The molecule has 1 aromatic carbocycles. The summed E-state index contributed by atoms with van der Waals surface area (Å²) >= 11 is 0. The van der Waals surface area contributed by atoms with Gasteiger partial charge in [-0.05, 0) is 51.8 Å². The van der Waals surface area contributed by atoms with E-state index >= 15 is 0 Å². The molecule has 2 rings (SSSR count). The third kappa shape index (κ3) is 6.25. The van der Waals surface area contributed by atoms with E-state index in [1.807, 2.05) is 25.7 Å². The normalized spacial score (nSPS) is 11.4. The van der Waals surface area contributed by atoms with Crippen LogP contribution >= 0.6 is 0 Å². The van der Waals surface area contributed by atoms with Crippen molar-refractivity contribution in [3.63, 3.8) is 0 Å². The Morgan fingerprint density at radius 3 is 2.62 bits per heavy atom. The van der Waals surface area contributed by atoms with E-state index in [0.717, 1.165) is 31.6 Å². The molecule has 1 N–H and O–H groups in total. The number of aromatic nitrogens is 1. The molecule has 0 aliphatic rings. The smallest absolute Gasteiger partial charge is 0.318 e. The first-order valence-electron chi connectivity index (χ1n) is 9.55. The maximum atomic E-state index is 12.7. The van der Waals surface area contributed by atoms with Crippen LogP contribution in [-0.4, -0.2) is 27.6 Å². The SMILES string of the molecule is CCCCN(Cc1cccn1Cc1cccc(C)c1)C(=O)NC(C)(C)C. The number of aryl methyl sites for hydroxylation is 1. The Labute approximate surface area is 158 Å². The number of hydrogen-bond acceptors (Lipinski definition) is 1. The van der Waals surface area contributed by atoms with Crippen LogP contribution in [0.1, 0.15) is 57.4 Å². The molecule has 0 fully saturated rings. The van der Waals surface area contributed by atoms with Gasteiger partial charge < -0.3 is 14.8 Å². The van der Waals surface area contributed by atoms with Crippen molar-refractivity contribution in [1.29, 1.82) is 0 Å². The minimum atomic E-state index is -0.231. The van der Waals surface area contributed by atoms with Gasteiger partial charge in [0.25, 0.3) is 0 Å². The third-order valence-electron chi connectivity index (χ3n) is 4.26. The Kier molecular flexibility index (Phi) is 6.90. The zero-order valence-electron chi connectivity index (χ0n) is 16.9. The van der Waals surface area contributed by atoms with E-state index in [1.54, 1.807) is 0 Å². The number of rotatable bonds is 7. The second-order valence-electron chi connectivity index (χ2n) is 8.07. The minimum Gasteiger partial charge on any atom is -0.345 e. The lowest BCUT2D eigenvalue weighted by Gasteiger charge is -2.29. The summed E-state index contributed by atoms with van der Waals surface area (Å²) < 4.78 is 2.23. The molecule has 0 spiro atoms. The number of carbonyl (C=O) groups is 1. The summed E-state index contributed by atoms with van der Waals surface area (Å²) in [5.41, 5.74) is 3.48. The van der Waals surface area contributed by atoms with Gasteiger partial charge in [-0.2, -0.15) is 0 Å². The first kappa shape index (κ1) is 20.1. The van der Waals surface area contributed by atoms with Crippen LogP contribution in [0.25, 0.3) is 0 Å². The molecular formula is C22H33N3O. The Morgan fingerprint density at radius 2 is 1.96 bits per heavy atom. The van der Waals surface area contributed by atoms with Crippen LogP contribution in [0.15, 0.2) is 42.6 Å². The second kappa shape index (κ2) is 8.93. The molecule has 0 saturated heterocycles. The average molecular weight is 356 g/mol. The van der Waals surface area contributed by atoms with Crippen LogP contribution in [0.3, 0.4) is 0 Å². The number of unbranched alkanes of at least 4 members (excludes halogenated alkanes) is 1. The van der Waals surface area contributed by atoms with Gasteiger partial charge in [0, 0.05) is 30.5 Å². The predicted molar refractivity (Wildman–Crippen MR) is 108 cm³/mol. The van der Waals surface area contributed by atoms with E-state index in [0.29, 0.717) is 6.54 Å². The fraction of sp³-hybridized carbons (Fsp3) is 0.500. The fourth-order valence-electron chi connectivity index (χ4n) is 2.95. The molecule has 1 heterocycles. The van der Waals surface area contributed by atoms with Crippen molar-refractivity contribution in [3.05, 3.63) is 59.4 Å². The lowest BCUT2D eigenvalue weighted by atomic mass is 10.1. The highest BCUT2D eigenvalue weighted by molar-refractivity contribution is 5.74. The van der Waals surface area contributed by atoms with Gasteiger partial charge in [-0.1, -0.05) is 43.2 Å². The van der Waals surface area contributed by atoms with Crippen molar-refractivity contribution in [2.45, 2.75) is 66.1 Å². The summed E-state index contributed by atoms with van der Waals surface area (Å²) in [6.45, 7) is 12.5. The number of benzene rings is 1. The number of nitrogens with one attached hydrogen (secondary N) is 1. The highest BCUT2D eigenvalue weighted by Gasteiger charge is 2.20. The molecule has 2 aromatic rings. The molecule has 142 valence electrons. The fourth-order valence-corrected chi connectivity index (χ4v) is 2.95. The van der Waals surface area contributed by atoms with E-state index in [2.05, 4.69) is 66.3 Å². The second-order valence-corrected chi connectivity index (χ2v) is 8.07. The van der Waals surface area contributed by atoms with Crippen LogP contribution in [0.5, 0.6) is 0 Å². The van der Waals surface area contributed by atoms with Crippen molar-refractivity contribution in [3.8, 4) is 0 Å². The van der Waals surface area contributed by atoms with Gasteiger partial charge in [0.05, 0.1) is 6.54 Å². The number of carbonyl (C=O) groups excluding carboxylic acids is 1. The maximum Gasteiger partial charge on any atom is 0.318 e. The number of hydrogen-bond donors (Lipinski definition) is 1. The summed E-state index contributed by atoms with van der Waals surface area (Å²) in [6.07, 6.45) is 4.18. The van der Waals surface area contributed by atoms with Crippen LogP contribution in [0.2, 0.25) is 0 Å². The van der Waals surface area contributed by atoms with Crippen molar-refractivity contribution >= 4 is 6.03 Å². The standard InChI is InChI=1S/C22H33N3O/c1-6-7-13-25(21(26)23-22(3,4)5)17-20-12-9-14-24(20)16-19-11-8-10-18(2)15-19/h8-12,14-15H,6-7,13,16-17H2,1-5H3,(H,23,26). The lowest BCUT2D eigenvalue weighted by Crippen LogP contribution is -2.48. The topological polar surface area (TPSA) is 37.3 Å². The van der Waals surface area contributed by atoms with E-state index in [1.165, 1.54) is 11.1 Å². The van der Waals surface area contributed by atoms with Crippen molar-refractivity contribution in [1.82, 2.24) is 14.8 Å². The zero-order valence-corrected chi connectivity index (χ0v) is 16.9. The molecule has 0 unspecified atom stereocenters. The lowest BCUT2D eigenvalue weighted by molar-refractivity contribution is 0.183. The average Bonchev–Trinajstić information content (AvgIpc) is 2.96. The molecule has 26 heavy (non-hydrogen) atoms. The van der Waals surface area contributed by atoms with Crippen LogP contribution in [0.4, 0.5) is 4.79 Å². The van der Waals surface area contributed by atoms with E-state index < -0.39 is 0 Å². The summed E-state index contributed by atoms with van der Waals surface area (Å²) in [5.74, 6) is 0. The van der Waals surface area contributed by atoms with Gasteiger partial charge in [0.2, 0.25) is 0 Å². The van der Waals surface area contributed by atoms with Crippen molar-refractivity contribution < 1.29 is 4.79 Å². The molecule has 4 heteroatoms. The number of amides is 2. The Morgan fingerprint density at radius 1 is 1.19 bits per heavy atom. The Hall–Kier alpha value is -2.23. The van der Waals surface area contributed by atoms with Crippen molar-refractivity contribution in [2.24, 2.45) is 0 Å². The molecule has 4 nitrogen and oxygen atoms in total. The number of nitrogens with zero attached hydrogens (tertiary/aromatic N) is 2. The molecule has 0 bridgehead atoms. The Balaban J connectivity index is 2.13. The molecule has 0 aliphatic carbocycles. The summed E-state index contributed by atoms with van der Waals surface area (Å²) in [6, 6.07) is 12.8. The molecule has 0 aliphatic heterocycles. The van der Waals surface area contributed by atoms with Crippen LogP contribution in [-0.2, 0) is 13.1 Å². The Bertz CT molecular complexity index is 712. The zero-order chi connectivity index (χ0) is 19.2. The van der Waals surface area contributed by atoms with Gasteiger partial charge in [-0.15, -0.1) is 0 Å². The molecule has 0 radical (unpaired) electrons. The molecule has 0 atom stereocenters. The van der Waals surface area contributed by atoms with Gasteiger partial charge in [0.1, 0.15) is 0 Å². The monoisotopic (exact) mass is 355 g/mol. The van der Waals surface area contributed by atoms with E-state index in [9.17, 15) is 4.79 Å². The third-order valence-corrected chi connectivity index (χ3v) is 4.26. The largest absolute Gasteiger partial charge is 0.345 e. The maximum absolute atomic E-state index is 12.7. The quantitative estimate of drug-likeness (QED) is 0.749. The molecule has 1 aromatic heterocycles. The van der Waals surface area contributed by atoms with Crippen LogP contribution in [0, 0.1) is 6.92 Å². The summed E-state index contributed by atoms with van der Waals surface area (Å²) in [7, 11) is 0. The van der Waals surface area contributed by atoms with Gasteiger partial charge in [-0.25, -0.2) is 4.79 Å². The first-order valence-corrected chi connectivity index (χ1v) is 9.55. The molecule has 0 saturated carbocycles. The van der Waals surface area contributed by atoms with E-state index in [4.69, 9.17) is 0 Å². The predicted octanol–water partition coefficient (Wildman–Crippen LogP) is 4.96. The summed E-state index contributed by atoms with van der Waals surface area (Å²) in [4.78, 5) is 14.6. The van der Waals surface area contributed by atoms with E-state index in [-0.39, 0.29) is 11.6 Å².